The number of carbonyl (C=O) groups excluding carboxylic acids is 1. The van der Waals surface area contributed by atoms with E-state index in [2.05, 4.69) is 11.9 Å². The van der Waals surface area contributed by atoms with E-state index in [4.69, 9.17) is 14.9 Å². The monoisotopic (exact) mass is 361 g/mol. The van der Waals surface area contributed by atoms with Gasteiger partial charge in [-0.3, -0.25) is 4.79 Å². The van der Waals surface area contributed by atoms with E-state index in [9.17, 15) is 9.90 Å². The Labute approximate surface area is 153 Å². The van der Waals surface area contributed by atoms with Crippen LogP contribution in [0.2, 0.25) is 0 Å². The van der Waals surface area contributed by atoms with Crippen molar-refractivity contribution in [3.63, 3.8) is 0 Å². The van der Waals surface area contributed by atoms with Gasteiger partial charge in [0.15, 0.2) is 23.4 Å². The highest BCUT2D eigenvalue weighted by Gasteiger charge is 2.65. The molecule has 4 aliphatic rings. The Balaban J connectivity index is 0.000000301. The van der Waals surface area contributed by atoms with Gasteiger partial charge < -0.3 is 25.0 Å². The maximum Gasteiger partial charge on any atom is 0.174 e. The predicted molar refractivity (Wildman–Crippen MR) is 95.5 cm³/mol. The lowest BCUT2D eigenvalue weighted by atomic mass is 9.52. The molecule has 1 aromatic carbocycles. The number of ketones is 1. The number of hydrogen-bond acceptors (Lipinski definition) is 6. The fraction of sp³-hybridized carbons (Fsp3) is 0.650. The minimum atomic E-state index is -0.366. The van der Waals surface area contributed by atoms with Crippen LogP contribution in [0.3, 0.4) is 0 Å². The minimum absolute atomic E-state index is 0.0938. The van der Waals surface area contributed by atoms with Gasteiger partial charge in [-0.25, -0.2) is 0 Å². The maximum absolute atomic E-state index is 12.5. The molecule has 1 saturated carbocycles. The summed E-state index contributed by atoms with van der Waals surface area (Å²) in [6.07, 6.45) is 3.68. The summed E-state index contributed by atoms with van der Waals surface area (Å²) in [5, 5.41) is 26.0. The zero-order chi connectivity index (χ0) is 18.5. The number of likely N-dealkylation sites (tertiary alicyclic amines) is 1. The van der Waals surface area contributed by atoms with Gasteiger partial charge in [-0.2, -0.15) is 0 Å². The lowest BCUT2D eigenvalue weighted by Gasteiger charge is -2.57. The molecule has 2 aliphatic carbocycles. The average Bonchev–Trinajstić information content (AvgIpc) is 2.99. The van der Waals surface area contributed by atoms with Gasteiger partial charge in [-0.15, -0.1) is 0 Å². The number of carbonyl (C=O) groups is 1. The highest BCUT2D eigenvalue weighted by atomic mass is 16.5. The molecule has 4 atom stereocenters. The summed E-state index contributed by atoms with van der Waals surface area (Å²) in [6.45, 7) is 1.19. The van der Waals surface area contributed by atoms with E-state index in [0.717, 1.165) is 31.4 Å². The van der Waals surface area contributed by atoms with Crippen molar-refractivity contribution >= 4 is 5.78 Å². The molecule has 1 spiro atoms. The second-order valence-electron chi connectivity index (χ2n) is 7.90. The van der Waals surface area contributed by atoms with Crippen molar-refractivity contribution in [2.75, 3.05) is 26.8 Å². The summed E-state index contributed by atoms with van der Waals surface area (Å²) < 4.78 is 6.04. The molecule has 142 valence electrons. The second kappa shape index (κ2) is 6.51. The number of phenolic OH excluding ortho intramolecular Hbond substituents is 1. The summed E-state index contributed by atoms with van der Waals surface area (Å²) in [7, 11) is 2.20. The molecule has 2 fully saturated rings. The first-order chi connectivity index (χ1) is 12.5. The molecular weight excluding hydrogens is 334 g/mol. The molecule has 26 heavy (non-hydrogen) atoms. The molecule has 1 aromatic rings. The van der Waals surface area contributed by atoms with Gasteiger partial charge in [0.2, 0.25) is 0 Å². The molecule has 2 aliphatic heterocycles. The number of rotatable bonds is 2. The predicted octanol–water partition coefficient (Wildman–Crippen LogP) is 0.991. The Morgan fingerprint density at radius 2 is 2.08 bits per heavy atom. The highest BCUT2D eigenvalue weighted by Crippen LogP contribution is 2.62. The molecule has 0 radical (unpaired) electrons. The Kier molecular flexibility index (Phi) is 4.45. The number of Topliss-reactive ketones (excluding diaryl/α,β-unsaturated/α-hetero) is 1. The number of ether oxygens (including phenoxy) is 1. The first kappa shape index (κ1) is 17.8. The standard InChI is InChI=1S/C17H19NO3.C3H8O2/c1-18-7-6-17-10-3-5-13(20)16(17)21-15-12(19)4-2-9(14(15)17)8-11(10)18;4-2-1-3-5/h2,4,10-11,16,19H,3,5-8H2,1H3;4-5H,1-3H2/t10-,11+,16-,17-;/m0./s1. The molecule has 1 saturated heterocycles. The van der Waals surface area contributed by atoms with Gasteiger partial charge in [-0.05, 0) is 56.8 Å². The van der Waals surface area contributed by atoms with Crippen LogP contribution in [0.1, 0.15) is 36.8 Å². The van der Waals surface area contributed by atoms with Crippen molar-refractivity contribution in [3.8, 4) is 11.5 Å². The molecule has 3 N–H and O–H groups in total. The second-order valence-corrected chi connectivity index (χ2v) is 7.90. The molecule has 6 heteroatoms. The van der Waals surface area contributed by atoms with Crippen molar-refractivity contribution in [2.24, 2.45) is 5.92 Å². The highest BCUT2D eigenvalue weighted by molar-refractivity contribution is 5.89. The third-order valence-electron chi connectivity index (χ3n) is 6.70. The number of hydrogen-bond donors (Lipinski definition) is 3. The zero-order valence-electron chi connectivity index (χ0n) is 15.1. The normalized spacial score (nSPS) is 33.8. The number of nitrogens with zero attached hydrogens (tertiary/aromatic N) is 1. The number of piperidine rings is 1. The van der Waals surface area contributed by atoms with Crippen LogP contribution >= 0.6 is 0 Å². The van der Waals surface area contributed by atoms with Crippen LogP contribution in [0.4, 0.5) is 0 Å². The van der Waals surface area contributed by atoms with Crippen LogP contribution in [0, 0.1) is 5.92 Å². The van der Waals surface area contributed by atoms with Crippen molar-refractivity contribution in [1.82, 2.24) is 4.90 Å². The first-order valence-corrected chi connectivity index (χ1v) is 9.51. The van der Waals surface area contributed by atoms with Crippen LogP contribution < -0.4 is 4.74 Å². The quantitative estimate of drug-likeness (QED) is 0.728. The van der Waals surface area contributed by atoms with Crippen molar-refractivity contribution in [1.29, 1.82) is 0 Å². The van der Waals surface area contributed by atoms with Gasteiger partial charge in [0.25, 0.3) is 0 Å². The van der Waals surface area contributed by atoms with E-state index in [-0.39, 0.29) is 36.3 Å². The van der Waals surface area contributed by atoms with Gasteiger partial charge >= 0.3 is 0 Å². The van der Waals surface area contributed by atoms with Crippen LogP contribution in [-0.4, -0.2) is 65.0 Å². The summed E-state index contributed by atoms with van der Waals surface area (Å²) in [5.74, 6) is 1.50. The van der Waals surface area contributed by atoms with Gasteiger partial charge in [0.05, 0.1) is 0 Å². The van der Waals surface area contributed by atoms with Crippen LogP contribution in [0.25, 0.3) is 0 Å². The van der Waals surface area contributed by atoms with Gasteiger partial charge in [0.1, 0.15) is 0 Å². The molecule has 0 aromatic heterocycles. The molecule has 2 bridgehead atoms. The number of aliphatic hydroxyl groups is 2. The summed E-state index contributed by atoms with van der Waals surface area (Å²) in [5.41, 5.74) is 2.26. The fourth-order valence-corrected chi connectivity index (χ4v) is 5.59. The number of benzene rings is 1. The maximum atomic E-state index is 12.5. The molecular formula is C20H27NO5. The molecule has 0 unspecified atom stereocenters. The summed E-state index contributed by atoms with van der Waals surface area (Å²) >= 11 is 0. The van der Waals surface area contributed by atoms with Crippen LogP contribution in [0.5, 0.6) is 11.5 Å². The van der Waals surface area contributed by atoms with E-state index in [1.54, 1.807) is 6.07 Å². The summed E-state index contributed by atoms with van der Waals surface area (Å²) in [4.78, 5) is 14.9. The van der Waals surface area contributed by atoms with E-state index in [0.29, 0.717) is 30.6 Å². The summed E-state index contributed by atoms with van der Waals surface area (Å²) in [6, 6.07) is 4.26. The van der Waals surface area contributed by atoms with Crippen molar-refractivity contribution < 1.29 is 24.9 Å². The topological polar surface area (TPSA) is 90.2 Å². The molecule has 5 rings (SSSR count). The minimum Gasteiger partial charge on any atom is -0.504 e. The third kappa shape index (κ3) is 2.32. The number of likely N-dealkylation sites (N-methyl/N-ethyl adjacent to an activating group) is 1. The fourth-order valence-electron chi connectivity index (χ4n) is 5.59. The first-order valence-electron chi connectivity index (χ1n) is 9.51. The Morgan fingerprint density at radius 1 is 1.31 bits per heavy atom. The Bertz CT molecular complexity index is 718. The largest absolute Gasteiger partial charge is 0.504 e. The van der Waals surface area contributed by atoms with E-state index in [1.807, 2.05) is 6.07 Å². The number of aromatic hydroxyl groups is 1. The van der Waals surface area contributed by atoms with Crippen molar-refractivity contribution in [3.05, 3.63) is 23.3 Å². The Hall–Kier alpha value is -1.63. The van der Waals surface area contributed by atoms with Crippen molar-refractivity contribution in [2.45, 2.75) is 49.7 Å². The van der Waals surface area contributed by atoms with E-state index < -0.39 is 0 Å². The van der Waals surface area contributed by atoms with Gasteiger partial charge in [0, 0.05) is 36.7 Å². The Morgan fingerprint density at radius 3 is 2.77 bits per heavy atom. The van der Waals surface area contributed by atoms with E-state index >= 15 is 0 Å². The average molecular weight is 361 g/mol. The SMILES string of the molecule is CN1CC[C@]23c4c5ccc(O)c4O[C@H]2C(=O)CC[C@H]3[C@H]1C5.OCCCO. The lowest BCUT2D eigenvalue weighted by Crippen LogP contribution is -2.65. The molecule has 6 nitrogen and oxygen atoms in total. The van der Waals surface area contributed by atoms with Gasteiger partial charge in [-0.1, -0.05) is 6.07 Å². The number of aliphatic hydroxyl groups excluding tert-OH is 2. The smallest absolute Gasteiger partial charge is 0.174 e. The molecule has 2 heterocycles. The molecule has 0 amide bonds. The zero-order valence-corrected chi connectivity index (χ0v) is 15.1. The third-order valence-corrected chi connectivity index (χ3v) is 6.70. The van der Waals surface area contributed by atoms with Crippen LogP contribution in [0.15, 0.2) is 12.1 Å². The number of phenols is 1. The lowest BCUT2D eigenvalue weighted by molar-refractivity contribution is -0.138. The van der Waals surface area contributed by atoms with Crippen LogP contribution in [-0.2, 0) is 16.6 Å². The van der Waals surface area contributed by atoms with E-state index in [1.165, 1.54) is 5.56 Å².